The van der Waals surface area contributed by atoms with Crippen LogP contribution in [0, 0.1) is 11.8 Å². The van der Waals surface area contributed by atoms with E-state index in [0.717, 1.165) is 43.0 Å². The lowest BCUT2D eigenvalue weighted by Gasteiger charge is -2.48. The van der Waals surface area contributed by atoms with E-state index >= 15 is 0 Å². The van der Waals surface area contributed by atoms with Gasteiger partial charge in [0.2, 0.25) is 0 Å². The first-order chi connectivity index (χ1) is 13.1. The molecule has 27 heavy (non-hydrogen) atoms. The number of rotatable bonds is 6. The lowest BCUT2D eigenvalue weighted by atomic mass is 9.64. The van der Waals surface area contributed by atoms with Crippen LogP contribution in [0.15, 0.2) is 12.1 Å². The Morgan fingerprint density at radius 1 is 1.22 bits per heavy atom. The number of hydrogen-bond donors (Lipinski definition) is 1. The van der Waals surface area contributed by atoms with Crippen LogP contribution in [-0.2, 0) is 16.0 Å². The molecule has 0 saturated heterocycles. The first-order valence-corrected chi connectivity index (χ1v) is 10.3. The number of phenols is 1. The highest BCUT2D eigenvalue weighted by molar-refractivity contribution is 5.85. The molecule has 0 bridgehead atoms. The maximum atomic E-state index is 12.6. The van der Waals surface area contributed by atoms with Crippen LogP contribution in [-0.4, -0.2) is 55.2 Å². The van der Waals surface area contributed by atoms with Crippen LogP contribution in [0.25, 0.3) is 0 Å². The highest BCUT2D eigenvalue weighted by atomic mass is 16.5. The first kappa shape index (κ1) is 18.8. The lowest BCUT2D eigenvalue weighted by molar-refractivity contribution is -0.135. The summed E-state index contributed by atoms with van der Waals surface area (Å²) < 4.78 is 10.9. The number of Topliss-reactive ketones (excluding diaryl/α,β-unsaturated/α-hetero) is 1. The average molecular weight is 373 g/mol. The van der Waals surface area contributed by atoms with Crippen LogP contribution in [0.1, 0.15) is 49.7 Å². The number of nitrogens with zero attached hydrogens (tertiary/aromatic N) is 1. The number of methoxy groups -OCH3 is 2. The Bertz CT molecular complexity index is 715. The molecule has 2 saturated carbocycles. The average Bonchev–Trinajstić information content (AvgIpc) is 3.49. The Labute approximate surface area is 161 Å². The molecule has 5 heteroatoms. The number of benzene rings is 1. The van der Waals surface area contributed by atoms with Crippen molar-refractivity contribution in [3.05, 3.63) is 23.3 Å². The van der Waals surface area contributed by atoms with E-state index in [2.05, 4.69) is 17.9 Å². The Kier molecular flexibility index (Phi) is 5.17. The van der Waals surface area contributed by atoms with Gasteiger partial charge in [0.25, 0.3) is 0 Å². The van der Waals surface area contributed by atoms with Gasteiger partial charge in [-0.2, -0.15) is 0 Å². The minimum atomic E-state index is -0.317. The molecular formula is C22H31NO4. The summed E-state index contributed by atoms with van der Waals surface area (Å²) in [6.07, 6.45) is 4.45. The van der Waals surface area contributed by atoms with Crippen molar-refractivity contribution in [1.29, 1.82) is 0 Å². The van der Waals surface area contributed by atoms with E-state index < -0.39 is 0 Å². The summed E-state index contributed by atoms with van der Waals surface area (Å²) >= 11 is 0. The van der Waals surface area contributed by atoms with Crippen molar-refractivity contribution in [2.45, 2.75) is 57.1 Å². The third-order valence-electron chi connectivity index (χ3n) is 6.92. The maximum absolute atomic E-state index is 12.6. The molecule has 3 aliphatic rings. The number of aromatic hydroxyl groups is 1. The predicted molar refractivity (Wildman–Crippen MR) is 103 cm³/mol. The molecule has 0 aliphatic heterocycles. The quantitative estimate of drug-likeness (QED) is 0.830. The zero-order chi connectivity index (χ0) is 19.1. The summed E-state index contributed by atoms with van der Waals surface area (Å²) in [7, 11) is 3.21. The van der Waals surface area contributed by atoms with Crippen molar-refractivity contribution < 1.29 is 19.4 Å². The van der Waals surface area contributed by atoms with Gasteiger partial charge < -0.3 is 14.6 Å². The molecule has 1 N–H and O–H groups in total. The van der Waals surface area contributed by atoms with Crippen LogP contribution >= 0.6 is 0 Å². The van der Waals surface area contributed by atoms with Crippen molar-refractivity contribution in [3.63, 3.8) is 0 Å². The zero-order valence-electron chi connectivity index (χ0n) is 16.6. The van der Waals surface area contributed by atoms with Gasteiger partial charge in [-0.3, -0.25) is 9.69 Å². The van der Waals surface area contributed by atoms with Crippen LogP contribution in [0.4, 0.5) is 0 Å². The van der Waals surface area contributed by atoms with Crippen molar-refractivity contribution >= 4 is 5.78 Å². The zero-order valence-corrected chi connectivity index (χ0v) is 16.6. The van der Waals surface area contributed by atoms with Crippen LogP contribution in [0.3, 0.4) is 0 Å². The molecule has 4 rings (SSSR count). The summed E-state index contributed by atoms with van der Waals surface area (Å²) in [5.41, 5.74) is 2.10. The van der Waals surface area contributed by atoms with Crippen molar-refractivity contribution in [3.8, 4) is 11.5 Å². The van der Waals surface area contributed by atoms with E-state index in [1.54, 1.807) is 14.2 Å². The molecule has 0 spiro atoms. The van der Waals surface area contributed by atoms with E-state index in [1.165, 1.54) is 12.8 Å². The van der Waals surface area contributed by atoms with Gasteiger partial charge in [-0.15, -0.1) is 0 Å². The molecule has 2 unspecified atom stereocenters. The van der Waals surface area contributed by atoms with Crippen LogP contribution in [0.2, 0.25) is 0 Å². The minimum Gasteiger partial charge on any atom is -0.504 e. The van der Waals surface area contributed by atoms with Crippen LogP contribution < -0.4 is 4.74 Å². The minimum absolute atomic E-state index is 0.0426. The molecule has 0 heterocycles. The topological polar surface area (TPSA) is 59.0 Å². The number of ether oxygens (including phenoxy) is 2. The molecule has 148 valence electrons. The SMILES string of the molecule is CCN(CC1CC1)[C@H]1Cc2ccc(OC)c(O)c2C2CC(=O)C(OC)C[C@@H]21. The Hall–Kier alpha value is -1.59. The molecule has 3 aliphatic carbocycles. The Morgan fingerprint density at radius 3 is 2.63 bits per heavy atom. The van der Waals surface area contributed by atoms with Crippen molar-refractivity contribution in [2.24, 2.45) is 11.8 Å². The van der Waals surface area contributed by atoms with Gasteiger partial charge in [0.05, 0.1) is 7.11 Å². The molecule has 1 aromatic rings. The fourth-order valence-electron chi connectivity index (χ4n) is 5.31. The largest absolute Gasteiger partial charge is 0.504 e. The van der Waals surface area contributed by atoms with Crippen molar-refractivity contribution in [1.82, 2.24) is 4.90 Å². The number of carbonyl (C=O) groups is 1. The third kappa shape index (κ3) is 3.36. The van der Waals surface area contributed by atoms with Gasteiger partial charge in [-0.05, 0) is 61.6 Å². The standard InChI is InChI=1S/C22H31NO4/c1-4-23(12-13-5-6-13)17-9-14-7-8-19(26-2)22(25)21(14)16-10-18(24)20(27-3)11-15(16)17/h7-8,13,15-17,20,25H,4-6,9-12H2,1-3H3/t15-,16?,17-,20?/m0/s1. The summed E-state index contributed by atoms with van der Waals surface area (Å²) in [6, 6.07) is 4.33. The number of ketones is 1. The van der Waals surface area contributed by atoms with E-state index in [0.29, 0.717) is 24.1 Å². The first-order valence-electron chi connectivity index (χ1n) is 10.3. The predicted octanol–water partition coefficient (Wildman–Crippen LogP) is 3.14. The van der Waals surface area contributed by atoms with Crippen LogP contribution in [0.5, 0.6) is 11.5 Å². The van der Waals surface area contributed by atoms with E-state index in [-0.39, 0.29) is 23.6 Å². The third-order valence-corrected chi connectivity index (χ3v) is 6.92. The van der Waals surface area contributed by atoms with Gasteiger partial charge >= 0.3 is 0 Å². The summed E-state index contributed by atoms with van der Waals surface area (Å²) in [4.78, 5) is 15.3. The van der Waals surface area contributed by atoms with Gasteiger partial charge in [0.15, 0.2) is 17.3 Å². The summed E-state index contributed by atoms with van der Waals surface area (Å²) in [6.45, 7) is 4.40. The van der Waals surface area contributed by atoms with E-state index in [1.807, 2.05) is 6.07 Å². The second kappa shape index (κ2) is 7.44. The molecule has 1 aromatic carbocycles. The summed E-state index contributed by atoms with van der Waals surface area (Å²) in [5.74, 6) is 2.06. The Balaban J connectivity index is 1.74. The number of phenolic OH excluding ortho intramolecular Hbond substituents is 1. The normalized spacial score (nSPS) is 30.1. The fourth-order valence-corrected chi connectivity index (χ4v) is 5.31. The second-order valence-corrected chi connectivity index (χ2v) is 8.39. The molecule has 0 aromatic heterocycles. The summed E-state index contributed by atoms with van der Waals surface area (Å²) in [5, 5.41) is 10.8. The maximum Gasteiger partial charge on any atom is 0.162 e. The number of fused-ring (bicyclic) bond motifs is 3. The van der Waals surface area contributed by atoms with Gasteiger partial charge in [0, 0.05) is 31.7 Å². The highest BCUT2D eigenvalue weighted by Crippen LogP contribution is 2.51. The second-order valence-electron chi connectivity index (χ2n) is 8.39. The molecule has 5 nitrogen and oxygen atoms in total. The smallest absolute Gasteiger partial charge is 0.162 e. The van der Waals surface area contributed by atoms with Gasteiger partial charge in [-0.1, -0.05) is 13.0 Å². The van der Waals surface area contributed by atoms with E-state index in [4.69, 9.17) is 9.47 Å². The number of hydrogen-bond acceptors (Lipinski definition) is 5. The fraction of sp³-hybridized carbons (Fsp3) is 0.682. The van der Waals surface area contributed by atoms with Crippen molar-refractivity contribution in [2.75, 3.05) is 27.3 Å². The van der Waals surface area contributed by atoms with Gasteiger partial charge in [0.1, 0.15) is 6.10 Å². The lowest BCUT2D eigenvalue weighted by Crippen LogP contribution is -2.52. The Morgan fingerprint density at radius 2 is 2.00 bits per heavy atom. The molecular weight excluding hydrogens is 342 g/mol. The molecule has 2 fully saturated rings. The number of carbonyl (C=O) groups excluding carboxylic acids is 1. The molecule has 0 radical (unpaired) electrons. The van der Waals surface area contributed by atoms with Gasteiger partial charge in [-0.25, -0.2) is 0 Å². The van der Waals surface area contributed by atoms with E-state index in [9.17, 15) is 9.90 Å². The molecule has 0 amide bonds. The number of likely N-dealkylation sites (N-methyl/N-ethyl adjacent to an activating group) is 1. The monoisotopic (exact) mass is 373 g/mol. The molecule has 4 atom stereocenters. The highest BCUT2D eigenvalue weighted by Gasteiger charge is 2.47.